The first-order valence-corrected chi connectivity index (χ1v) is 6.03. The Morgan fingerprint density at radius 1 is 1.22 bits per heavy atom. The largest absolute Gasteiger partial charge is 0.394 e. The predicted octanol–water partition coefficient (Wildman–Crippen LogP) is 2.94. The number of nitrogens with two attached hydrogens (primary N) is 1. The minimum Gasteiger partial charge on any atom is -0.394 e. The minimum atomic E-state index is 0.203. The second-order valence-corrected chi connectivity index (χ2v) is 4.46. The molecular weight excluding hydrogens is 248 g/mol. The molecule has 1 aromatic heterocycles. The van der Waals surface area contributed by atoms with E-state index in [4.69, 9.17) is 17.3 Å². The smallest absolute Gasteiger partial charge is 0.224 e. The highest BCUT2D eigenvalue weighted by Gasteiger charge is 2.07. The Hall–Kier alpha value is -1.81. The van der Waals surface area contributed by atoms with Crippen LogP contribution in [0.3, 0.4) is 0 Å². The number of aryl methyl sites for hydroxylation is 2. The molecule has 3 N–H and O–H groups in total. The molecular formula is C13H15ClN4. The highest BCUT2D eigenvalue weighted by Crippen LogP contribution is 2.21. The topological polar surface area (TPSA) is 63.8 Å². The normalized spacial score (nSPS) is 10.4. The standard InChI is InChI=1S/C13H15ClN4/c1-8-5-3-4-6-10(8)7-16-12-11(15)9(2)17-13(14)18-12/h3-6H,7,15H2,1-2H3,(H,16,17,18). The summed E-state index contributed by atoms with van der Waals surface area (Å²) in [6, 6.07) is 8.15. The molecule has 2 rings (SSSR count). The van der Waals surface area contributed by atoms with E-state index < -0.39 is 0 Å². The van der Waals surface area contributed by atoms with E-state index in [-0.39, 0.29) is 5.28 Å². The molecule has 0 saturated carbocycles. The summed E-state index contributed by atoms with van der Waals surface area (Å²) in [5.74, 6) is 0.579. The Kier molecular flexibility index (Phi) is 3.67. The number of nitrogen functional groups attached to an aromatic ring is 1. The third-order valence-corrected chi connectivity index (χ3v) is 2.99. The van der Waals surface area contributed by atoms with Crippen molar-refractivity contribution in [1.29, 1.82) is 0 Å². The SMILES string of the molecule is Cc1ccccc1CNc1nc(Cl)nc(C)c1N. The molecule has 0 aliphatic rings. The van der Waals surface area contributed by atoms with Crippen LogP contribution in [0.25, 0.3) is 0 Å². The summed E-state index contributed by atoms with van der Waals surface area (Å²) in [6.45, 7) is 4.53. The second kappa shape index (κ2) is 5.23. The maximum absolute atomic E-state index is 5.91. The van der Waals surface area contributed by atoms with Crippen molar-refractivity contribution in [2.45, 2.75) is 20.4 Å². The van der Waals surface area contributed by atoms with E-state index in [1.165, 1.54) is 11.1 Å². The number of hydrogen-bond donors (Lipinski definition) is 2. The monoisotopic (exact) mass is 262 g/mol. The number of rotatable bonds is 3. The van der Waals surface area contributed by atoms with E-state index in [0.717, 1.165) is 0 Å². The van der Waals surface area contributed by atoms with Gasteiger partial charge in [-0.2, -0.15) is 4.98 Å². The molecule has 18 heavy (non-hydrogen) atoms. The fraction of sp³-hybridized carbons (Fsp3) is 0.231. The van der Waals surface area contributed by atoms with E-state index in [2.05, 4.69) is 34.3 Å². The molecule has 0 bridgehead atoms. The van der Waals surface area contributed by atoms with Crippen LogP contribution in [0.15, 0.2) is 24.3 Å². The molecule has 4 nitrogen and oxygen atoms in total. The number of benzene rings is 1. The van der Waals surface area contributed by atoms with Crippen LogP contribution in [-0.2, 0) is 6.54 Å². The molecule has 0 aliphatic carbocycles. The van der Waals surface area contributed by atoms with Crippen molar-refractivity contribution in [2.24, 2.45) is 0 Å². The molecule has 0 atom stereocenters. The van der Waals surface area contributed by atoms with Gasteiger partial charge in [0.15, 0.2) is 5.82 Å². The lowest BCUT2D eigenvalue weighted by Gasteiger charge is -2.11. The molecule has 0 aliphatic heterocycles. The number of hydrogen-bond acceptors (Lipinski definition) is 4. The summed E-state index contributed by atoms with van der Waals surface area (Å²) in [6.07, 6.45) is 0. The van der Waals surface area contributed by atoms with E-state index in [1.54, 1.807) is 0 Å². The van der Waals surface area contributed by atoms with Gasteiger partial charge in [-0.3, -0.25) is 0 Å². The molecule has 0 spiro atoms. The number of nitrogens with one attached hydrogen (secondary N) is 1. The van der Waals surface area contributed by atoms with Crippen molar-refractivity contribution >= 4 is 23.1 Å². The van der Waals surface area contributed by atoms with Crippen molar-refractivity contribution < 1.29 is 0 Å². The van der Waals surface area contributed by atoms with Gasteiger partial charge < -0.3 is 11.1 Å². The van der Waals surface area contributed by atoms with Gasteiger partial charge in [-0.1, -0.05) is 24.3 Å². The molecule has 1 heterocycles. The van der Waals surface area contributed by atoms with Crippen molar-refractivity contribution in [1.82, 2.24) is 9.97 Å². The van der Waals surface area contributed by atoms with Crippen LogP contribution in [0.4, 0.5) is 11.5 Å². The fourth-order valence-electron chi connectivity index (χ4n) is 1.67. The summed E-state index contributed by atoms with van der Waals surface area (Å²) >= 11 is 5.82. The molecule has 0 amide bonds. The maximum atomic E-state index is 5.91. The summed E-state index contributed by atoms with van der Waals surface area (Å²) in [7, 11) is 0. The Bertz CT molecular complexity index is 569. The van der Waals surface area contributed by atoms with Crippen molar-refractivity contribution in [3.63, 3.8) is 0 Å². The van der Waals surface area contributed by atoms with Crippen molar-refractivity contribution in [2.75, 3.05) is 11.1 Å². The van der Waals surface area contributed by atoms with Gasteiger partial charge in [0.25, 0.3) is 0 Å². The van der Waals surface area contributed by atoms with Gasteiger partial charge in [0.1, 0.15) is 0 Å². The Morgan fingerprint density at radius 2 is 1.94 bits per heavy atom. The fourth-order valence-corrected chi connectivity index (χ4v) is 1.88. The number of nitrogens with zero attached hydrogens (tertiary/aromatic N) is 2. The van der Waals surface area contributed by atoms with Crippen LogP contribution in [0.5, 0.6) is 0 Å². The number of halogens is 1. The lowest BCUT2D eigenvalue weighted by atomic mass is 10.1. The first kappa shape index (κ1) is 12.6. The van der Waals surface area contributed by atoms with Gasteiger partial charge in [-0.25, -0.2) is 4.98 Å². The number of aromatic nitrogens is 2. The first-order valence-electron chi connectivity index (χ1n) is 5.66. The third-order valence-electron chi connectivity index (χ3n) is 2.82. The summed E-state index contributed by atoms with van der Waals surface area (Å²) in [5.41, 5.74) is 9.55. The molecule has 2 aromatic rings. The van der Waals surface area contributed by atoms with E-state index in [1.807, 2.05) is 19.1 Å². The molecule has 0 fully saturated rings. The van der Waals surface area contributed by atoms with Crippen LogP contribution >= 0.6 is 11.6 Å². The van der Waals surface area contributed by atoms with E-state index in [9.17, 15) is 0 Å². The van der Waals surface area contributed by atoms with Crippen LogP contribution in [0.2, 0.25) is 5.28 Å². The van der Waals surface area contributed by atoms with Gasteiger partial charge >= 0.3 is 0 Å². The Labute approximate surface area is 111 Å². The molecule has 94 valence electrons. The van der Waals surface area contributed by atoms with Crippen molar-refractivity contribution in [3.05, 3.63) is 46.4 Å². The van der Waals surface area contributed by atoms with Crippen molar-refractivity contribution in [3.8, 4) is 0 Å². The summed E-state index contributed by atoms with van der Waals surface area (Å²) < 4.78 is 0. The van der Waals surface area contributed by atoms with E-state index in [0.29, 0.717) is 23.7 Å². The van der Waals surface area contributed by atoms with Crippen LogP contribution in [0.1, 0.15) is 16.8 Å². The highest BCUT2D eigenvalue weighted by molar-refractivity contribution is 6.28. The summed E-state index contributed by atoms with van der Waals surface area (Å²) in [4.78, 5) is 8.09. The Balaban J connectivity index is 2.18. The number of anilines is 2. The van der Waals surface area contributed by atoms with Gasteiger partial charge in [0, 0.05) is 6.54 Å². The molecule has 0 saturated heterocycles. The molecule has 0 radical (unpaired) electrons. The zero-order valence-corrected chi connectivity index (χ0v) is 11.1. The highest BCUT2D eigenvalue weighted by atomic mass is 35.5. The van der Waals surface area contributed by atoms with Gasteiger partial charge in [-0.15, -0.1) is 0 Å². The van der Waals surface area contributed by atoms with Gasteiger partial charge in [0.2, 0.25) is 5.28 Å². The van der Waals surface area contributed by atoms with E-state index >= 15 is 0 Å². The minimum absolute atomic E-state index is 0.203. The quantitative estimate of drug-likeness (QED) is 0.835. The summed E-state index contributed by atoms with van der Waals surface area (Å²) in [5, 5.41) is 3.39. The third kappa shape index (κ3) is 2.71. The molecule has 5 heteroatoms. The zero-order valence-electron chi connectivity index (χ0n) is 10.4. The average Bonchev–Trinajstić information content (AvgIpc) is 2.33. The lowest BCUT2D eigenvalue weighted by molar-refractivity contribution is 1.05. The van der Waals surface area contributed by atoms with Crippen LogP contribution in [0, 0.1) is 13.8 Å². The van der Waals surface area contributed by atoms with Gasteiger partial charge in [-0.05, 0) is 36.6 Å². The zero-order chi connectivity index (χ0) is 13.1. The first-order chi connectivity index (χ1) is 8.58. The van der Waals surface area contributed by atoms with Crippen LogP contribution < -0.4 is 11.1 Å². The Morgan fingerprint density at radius 3 is 2.67 bits per heavy atom. The van der Waals surface area contributed by atoms with Gasteiger partial charge in [0.05, 0.1) is 11.4 Å². The average molecular weight is 263 g/mol. The van der Waals surface area contributed by atoms with Crippen LogP contribution in [-0.4, -0.2) is 9.97 Å². The lowest BCUT2D eigenvalue weighted by Crippen LogP contribution is -2.08. The molecule has 0 unspecified atom stereocenters. The second-order valence-electron chi connectivity index (χ2n) is 4.12. The maximum Gasteiger partial charge on any atom is 0.224 e. The molecule has 1 aromatic carbocycles. The predicted molar refractivity (Wildman–Crippen MR) is 74.7 cm³/mol.